The monoisotopic (exact) mass is 229 g/mol. The Hall–Kier alpha value is -1.15. The molecule has 2 atom stereocenters. The standard InChI is InChI=1S/C15H19NO/c1-15(12-5-3-2-4-6-12)10-13-9-14(17)7-8-16(13)11-15/h2-6,13H,7-11H2,1H3/t13-,15+/m1/s1. The summed E-state index contributed by atoms with van der Waals surface area (Å²) in [6, 6.07) is 11.2. The summed E-state index contributed by atoms with van der Waals surface area (Å²) in [7, 11) is 0. The molecule has 2 heteroatoms. The zero-order valence-corrected chi connectivity index (χ0v) is 10.4. The van der Waals surface area contributed by atoms with Crippen LogP contribution in [0.15, 0.2) is 30.3 Å². The number of piperidine rings is 1. The predicted octanol–water partition coefficient (Wildman–Crippen LogP) is 2.38. The average molecular weight is 229 g/mol. The van der Waals surface area contributed by atoms with E-state index < -0.39 is 0 Å². The van der Waals surface area contributed by atoms with Crippen LogP contribution < -0.4 is 0 Å². The number of hydrogen-bond acceptors (Lipinski definition) is 2. The molecular weight excluding hydrogens is 210 g/mol. The Bertz CT molecular complexity index is 428. The number of ketones is 1. The molecule has 2 saturated heterocycles. The summed E-state index contributed by atoms with van der Waals surface area (Å²) in [4.78, 5) is 14.0. The maximum Gasteiger partial charge on any atom is 0.135 e. The van der Waals surface area contributed by atoms with Crippen molar-refractivity contribution in [1.82, 2.24) is 4.90 Å². The van der Waals surface area contributed by atoms with Gasteiger partial charge in [0.1, 0.15) is 5.78 Å². The smallest absolute Gasteiger partial charge is 0.135 e. The molecule has 2 fully saturated rings. The average Bonchev–Trinajstić information content (AvgIpc) is 2.67. The predicted molar refractivity (Wildman–Crippen MR) is 68.0 cm³/mol. The molecule has 0 N–H and O–H groups in total. The number of rotatable bonds is 1. The van der Waals surface area contributed by atoms with Crippen LogP contribution in [0.25, 0.3) is 0 Å². The molecule has 0 amide bonds. The lowest BCUT2D eigenvalue weighted by Crippen LogP contribution is -2.38. The van der Waals surface area contributed by atoms with Crippen LogP contribution in [0.3, 0.4) is 0 Å². The molecule has 0 saturated carbocycles. The highest BCUT2D eigenvalue weighted by molar-refractivity contribution is 5.80. The first-order valence-corrected chi connectivity index (χ1v) is 6.49. The third-order valence-corrected chi connectivity index (χ3v) is 4.37. The number of carbonyl (C=O) groups is 1. The van der Waals surface area contributed by atoms with Crippen LogP contribution in [0, 0.1) is 0 Å². The Labute approximate surface area is 103 Å². The van der Waals surface area contributed by atoms with Gasteiger partial charge < -0.3 is 0 Å². The first kappa shape index (κ1) is 11.0. The molecule has 0 bridgehead atoms. The van der Waals surface area contributed by atoms with Crippen molar-refractivity contribution in [2.24, 2.45) is 0 Å². The van der Waals surface area contributed by atoms with Gasteiger partial charge in [0, 0.05) is 37.4 Å². The molecule has 2 heterocycles. The van der Waals surface area contributed by atoms with Crippen LogP contribution in [-0.4, -0.2) is 29.8 Å². The number of Topliss-reactive ketones (excluding diaryl/α,β-unsaturated/α-hetero) is 1. The van der Waals surface area contributed by atoms with Crippen LogP contribution in [0.4, 0.5) is 0 Å². The van der Waals surface area contributed by atoms with Crippen LogP contribution in [0.2, 0.25) is 0 Å². The van der Waals surface area contributed by atoms with Crippen molar-refractivity contribution in [2.75, 3.05) is 13.1 Å². The van der Waals surface area contributed by atoms with E-state index in [0.717, 1.165) is 32.4 Å². The summed E-state index contributed by atoms with van der Waals surface area (Å²) in [5.74, 6) is 0.448. The van der Waals surface area contributed by atoms with Gasteiger partial charge in [-0.15, -0.1) is 0 Å². The van der Waals surface area contributed by atoms with E-state index in [1.165, 1.54) is 5.56 Å². The Morgan fingerprint density at radius 2 is 2.06 bits per heavy atom. The fraction of sp³-hybridized carbons (Fsp3) is 0.533. The molecule has 0 aromatic heterocycles. The van der Waals surface area contributed by atoms with Gasteiger partial charge in [-0.25, -0.2) is 0 Å². The lowest BCUT2D eigenvalue weighted by Gasteiger charge is -2.28. The normalized spacial score (nSPS) is 33.7. The van der Waals surface area contributed by atoms with E-state index in [2.05, 4.69) is 42.2 Å². The van der Waals surface area contributed by atoms with E-state index in [1.807, 2.05) is 0 Å². The Morgan fingerprint density at radius 1 is 1.29 bits per heavy atom. The van der Waals surface area contributed by atoms with Crippen LogP contribution in [-0.2, 0) is 10.2 Å². The van der Waals surface area contributed by atoms with Crippen LogP contribution in [0.5, 0.6) is 0 Å². The zero-order chi connectivity index (χ0) is 11.9. The van der Waals surface area contributed by atoms with Crippen molar-refractivity contribution < 1.29 is 4.79 Å². The molecule has 0 unspecified atom stereocenters. The van der Waals surface area contributed by atoms with Crippen molar-refractivity contribution in [3.05, 3.63) is 35.9 Å². The molecule has 0 aliphatic carbocycles. The Kier molecular flexibility index (Phi) is 2.55. The Morgan fingerprint density at radius 3 is 2.82 bits per heavy atom. The first-order chi connectivity index (χ1) is 8.17. The van der Waals surface area contributed by atoms with E-state index in [4.69, 9.17) is 0 Å². The van der Waals surface area contributed by atoms with Crippen LogP contribution in [0.1, 0.15) is 31.7 Å². The van der Waals surface area contributed by atoms with Crippen molar-refractivity contribution >= 4 is 5.78 Å². The van der Waals surface area contributed by atoms with Crippen molar-refractivity contribution in [2.45, 2.75) is 37.6 Å². The molecule has 1 aromatic rings. The van der Waals surface area contributed by atoms with Crippen molar-refractivity contribution in [1.29, 1.82) is 0 Å². The van der Waals surface area contributed by atoms with Gasteiger partial charge in [-0.3, -0.25) is 9.69 Å². The van der Waals surface area contributed by atoms with Gasteiger partial charge in [-0.2, -0.15) is 0 Å². The molecule has 1 aromatic carbocycles. The number of benzene rings is 1. The lowest BCUT2D eigenvalue weighted by molar-refractivity contribution is -0.122. The molecule has 17 heavy (non-hydrogen) atoms. The van der Waals surface area contributed by atoms with Gasteiger partial charge in [0.15, 0.2) is 0 Å². The van der Waals surface area contributed by atoms with Gasteiger partial charge in [-0.1, -0.05) is 37.3 Å². The molecule has 90 valence electrons. The highest BCUT2D eigenvalue weighted by Gasteiger charge is 2.43. The van der Waals surface area contributed by atoms with E-state index in [9.17, 15) is 4.79 Å². The van der Waals surface area contributed by atoms with E-state index in [0.29, 0.717) is 11.8 Å². The second kappa shape index (κ2) is 3.95. The second-order valence-electron chi connectivity index (χ2n) is 5.75. The molecular formula is C15H19NO. The number of hydrogen-bond donors (Lipinski definition) is 0. The SMILES string of the molecule is C[C@]1(c2ccccc2)C[C@H]2CC(=O)CCN2C1. The van der Waals surface area contributed by atoms with E-state index in [1.54, 1.807) is 0 Å². The summed E-state index contributed by atoms with van der Waals surface area (Å²) in [6.45, 7) is 4.41. The van der Waals surface area contributed by atoms with Gasteiger partial charge in [0.25, 0.3) is 0 Å². The minimum atomic E-state index is 0.233. The maximum absolute atomic E-state index is 11.5. The fourth-order valence-electron chi connectivity index (χ4n) is 3.44. The molecule has 2 aliphatic rings. The summed E-state index contributed by atoms with van der Waals surface area (Å²) < 4.78 is 0. The largest absolute Gasteiger partial charge is 0.300 e. The van der Waals surface area contributed by atoms with Crippen molar-refractivity contribution in [3.63, 3.8) is 0 Å². The van der Waals surface area contributed by atoms with Gasteiger partial charge in [0.2, 0.25) is 0 Å². The van der Waals surface area contributed by atoms with E-state index >= 15 is 0 Å². The second-order valence-corrected chi connectivity index (χ2v) is 5.75. The van der Waals surface area contributed by atoms with Gasteiger partial charge >= 0.3 is 0 Å². The summed E-state index contributed by atoms with van der Waals surface area (Å²) in [6.07, 6.45) is 2.65. The summed E-state index contributed by atoms with van der Waals surface area (Å²) in [5.41, 5.74) is 1.65. The molecule has 0 radical (unpaired) electrons. The van der Waals surface area contributed by atoms with Crippen LogP contribution >= 0.6 is 0 Å². The topological polar surface area (TPSA) is 20.3 Å². The summed E-state index contributed by atoms with van der Waals surface area (Å²) >= 11 is 0. The molecule has 2 aliphatic heterocycles. The fourth-order valence-corrected chi connectivity index (χ4v) is 3.44. The lowest BCUT2D eigenvalue weighted by atomic mass is 9.80. The molecule has 3 rings (SSSR count). The summed E-state index contributed by atoms with van der Waals surface area (Å²) in [5, 5.41) is 0. The third-order valence-electron chi connectivity index (χ3n) is 4.37. The minimum absolute atomic E-state index is 0.233. The van der Waals surface area contributed by atoms with E-state index in [-0.39, 0.29) is 5.41 Å². The Balaban J connectivity index is 1.85. The maximum atomic E-state index is 11.5. The molecule has 0 spiro atoms. The quantitative estimate of drug-likeness (QED) is 0.737. The highest BCUT2D eigenvalue weighted by atomic mass is 16.1. The van der Waals surface area contributed by atoms with Gasteiger partial charge in [0.05, 0.1) is 0 Å². The molecule has 2 nitrogen and oxygen atoms in total. The minimum Gasteiger partial charge on any atom is -0.300 e. The number of fused-ring (bicyclic) bond motifs is 1. The number of carbonyl (C=O) groups excluding carboxylic acids is 1. The van der Waals surface area contributed by atoms with Crippen molar-refractivity contribution in [3.8, 4) is 0 Å². The first-order valence-electron chi connectivity index (χ1n) is 6.49. The van der Waals surface area contributed by atoms with Gasteiger partial charge in [-0.05, 0) is 12.0 Å². The zero-order valence-electron chi connectivity index (χ0n) is 10.4. The highest BCUT2D eigenvalue weighted by Crippen LogP contribution is 2.40. The third kappa shape index (κ3) is 1.91. The number of nitrogens with zero attached hydrogens (tertiary/aromatic N) is 1.